The van der Waals surface area contributed by atoms with Crippen molar-refractivity contribution in [2.45, 2.75) is 64.8 Å². The molecule has 1 aromatic heterocycles. The zero-order chi connectivity index (χ0) is 39.8. The van der Waals surface area contributed by atoms with Crippen molar-refractivity contribution < 1.29 is 64.5 Å². The van der Waals surface area contributed by atoms with Gasteiger partial charge in [-0.1, -0.05) is 17.7 Å². The van der Waals surface area contributed by atoms with Gasteiger partial charge in [-0.2, -0.15) is 26.3 Å². The molecule has 1 heterocycles. The van der Waals surface area contributed by atoms with Crippen molar-refractivity contribution in [3.8, 4) is 11.3 Å². The molecule has 0 saturated heterocycles. The number of methoxy groups -OCH3 is 2. The van der Waals surface area contributed by atoms with E-state index in [0.29, 0.717) is 38.4 Å². The number of nitrogens with one attached hydrogen (secondary N) is 4. The zero-order valence-corrected chi connectivity index (χ0v) is 29.4. The van der Waals surface area contributed by atoms with Crippen LogP contribution in [0.3, 0.4) is 0 Å². The van der Waals surface area contributed by atoms with Crippen LogP contribution in [0, 0.1) is 16.6 Å². The number of ether oxygens (including phenoxy) is 2. The van der Waals surface area contributed by atoms with Crippen molar-refractivity contribution in [3.63, 3.8) is 0 Å². The highest BCUT2D eigenvalue weighted by Crippen LogP contribution is 2.41. The van der Waals surface area contributed by atoms with Crippen molar-refractivity contribution >= 4 is 35.6 Å². The number of amides is 4. The predicted molar refractivity (Wildman–Crippen MR) is 171 cm³/mol. The van der Waals surface area contributed by atoms with Gasteiger partial charge in [0.2, 0.25) is 5.91 Å². The van der Waals surface area contributed by atoms with Gasteiger partial charge in [0.25, 0.3) is 5.91 Å². The van der Waals surface area contributed by atoms with Gasteiger partial charge in [-0.25, -0.2) is 19.0 Å². The van der Waals surface area contributed by atoms with Crippen LogP contribution >= 0.6 is 11.6 Å². The summed E-state index contributed by atoms with van der Waals surface area (Å²) < 4.78 is 108. The molecule has 1 unspecified atom stereocenters. The molecular formula is C31H38ClF7N6O7. The number of alkyl halides is 6. The van der Waals surface area contributed by atoms with Gasteiger partial charge in [0.15, 0.2) is 0 Å². The van der Waals surface area contributed by atoms with E-state index in [4.69, 9.17) is 11.6 Å². The summed E-state index contributed by atoms with van der Waals surface area (Å²) in [6.45, 7) is 0.0457. The average molecular weight is 775 g/mol. The van der Waals surface area contributed by atoms with Crippen LogP contribution in [0.25, 0.3) is 11.3 Å². The van der Waals surface area contributed by atoms with E-state index < -0.39 is 90.8 Å². The summed E-state index contributed by atoms with van der Waals surface area (Å²) in [4.78, 5) is 54.1. The van der Waals surface area contributed by atoms with Crippen molar-refractivity contribution in [2.24, 2.45) is 10.8 Å². The molecule has 21 heteroatoms. The molecule has 4 amide bonds. The summed E-state index contributed by atoms with van der Waals surface area (Å²) in [6, 6.07) is 2.48. The van der Waals surface area contributed by atoms with E-state index in [2.05, 4.69) is 19.9 Å². The number of carbonyl (C=O) groups is 4. The van der Waals surface area contributed by atoms with Crippen LogP contribution in [-0.2, 0) is 25.6 Å². The number of benzene rings is 1. The fourth-order valence-electron chi connectivity index (χ4n) is 4.46. The lowest BCUT2D eigenvalue weighted by Gasteiger charge is -2.37. The number of aliphatic hydroxyl groups excluding tert-OH is 1. The SMILES string of the molecule is COC(=O)NC(C(=O)NC[C@@H](O)CN(Cc1c(F)cc(-c2ccccn2)cc1Cl)NC(=O)[C@@H](NC(=O)OC)C(C)(C)C(F)(F)F)C(C)(C)C(F)(F)F. The summed E-state index contributed by atoms with van der Waals surface area (Å²) in [7, 11) is 1.68. The first-order valence-corrected chi connectivity index (χ1v) is 15.5. The maximum Gasteiger partial charge on any atom is 0.407 e. The lowest BCUT2D eigenvalue weighted by Crippen LogP contribution is -2.62. The normalized spacial score (nSPS) is 14.2. The Balaban J connectivity index is 2.47. The number of pyridine rings is 1. The maximum atomic E-state index is 15.5. The molecular weight excluding hydrogens is 737 g/mol. The third-order valence-corrected chi connectivity index (χ3v) is 8.32. The van der Waals surface area contributed by atoms with E-state index in [-0.39, 0.29) is 16.1 Å². The fourth-order valence-corrected chi connectivity index (χ4v) is 4.73. The molecule has 0 fully saturated rings. The number of aliphatic hydroxyl groups is 1. The molecule has 3 atom stereocenters. The van der Waals surface area contributed by atoms with Crippen molar-refractivity contribution in [1.29, 1.82) is 0 Å². The minimum Gasteiger partial charge on any atom is -0.453 e. The lowest BCUT2D eigenvalue weighted by molar-refractivity contribution is -0.221. The van der Waals surface area contributed by atoms with Crippen LogP contribution in [0.15, 0.2) is 36.5 Å². The van der Waals surface area contributed by atoms with Gasteiger partial charge >= 0.3 is 24.5 Å². The Kier molecular flexibility index (Phi) is 14.6. The van der Waals surface area contributed by atoms with Gasteiger partial charge in [-0.3, -0.25) is 20.0 Å². The molecule has 0 aliphatic rings. The Bertz CT molecular complexity index is 1560. The zero-order valence-electron chi connectivity index (χ0n) is 28.6. The molecule has 0 radical (unpaired) electrons. The third-order valence-electron chi connectivity index (χ3n) is 7.99. The Morgan fingerprint density at radius 1 is 0.885 bits per heavy atom. The number of aromatic nitrogens is 1. The molecule has 0 aliphatic heterocycles. The van der Waals surface area contributed by atoms with Gasteiger partial charge in [0.05, 0.1) is 36.8 Å². The molecule has 0 aliphatic carbocycles. The van der Waals surface area contributed by atoms with Crippen LogP contribution in [-0.4, -0.2) is 96.9 Å². The largest absolute Gasteiger partial charge is 0.453 e. The number of carbonyl (C=O) groups excluding carboxylic acids is 4. The molecule has 0 bridgehead atoms. The van der Waals surface area contributed by atoms with Gasteiger partial charge in [-0.05, 0) is 52.0 Å². The molecule has 5 N–H and O–H groups in total. The molecule has 52 heavy (non-hydrogen) atoms. The molecule has 0 saturated carbocycles. The number of hydrazine groups is 1. The Labute approximate surface area is 298 Å². The Morgan fingerprint density at radius 3 is 1.85 bits per heavy atom. The molecule has 2 aromatic rings. The highest BCUT2D eigenvalue weighted by Gasteiger charge is 2.57. The topological polar surface area (TPSA) is 171 Å². The monoisotopic (exact) mass is 774 g/mol. The average Bonchev–Trinajstić information content (AvgIpc) is 3.05. The smallest absolute Gasteiger partial charge is 0.407 e. The third kappa shape index (κ3) is 11.0. The highest BCUT2D eigenvalue weighted by atomic mass is 35.5. The predicted octanol–water partition coefficient (Wildman–Crippen LogP) is 4.48. The van der Waals surface area contributed by atoms with E-state index in [1.165, 1.54) is 12.3 Å². The van der Waals surface area contributed by atoms with Crippen LogP contribution in [0.1, 0.15) is 33.3 Å². The number of halogens is 8. The number of nitrogens with zero attached hydrogens (tertiary/aromatic N) is 2. The van der Waals surface area contributed by atoms with Gasteiger partial charge in [0, 0.05) is 42.0 Å². The summed E-state index contributed by atoms with van der Waals surface area (Å²) in [5.74, 6) is -3.91. The summed E-state index contributed by atoms with van der Waals surface area (Å²) in [5.41, 5.74) is -3.49. The van der Waals surface area contributed by atoms with Crippen molar-refractivity contribution in [3.05, 3.63) is 52.9 Å². The van der Waals surface area contributed by atoms with E-state index in [1.54, 1.807) is 28.8 Å². The lowest BCUT2D eigenvalue weighted by atomic mass is 9.83. The van der Waals surface area contributed by atoms with Crippen LogP contribution in [0.2, 0.25) is 5.02 Å². The van der Waals surface area contributed by atoms with Crippen molar-refractivity contribution in [1.82, 2.24) is 31.4 Å². The number of hydrogen-bond donors (Lipinski definition) is 5. The first-order valence-electron chi connectivity index (χ1n) is 15.1. The van der Waals surface area contributed by atoms with Gasteiger partial charge in [-0.15, -0.1) is 0 Å². The van der Waals surface area contributed by atoms with E-state index in [0.717, 1.165) is 20.3 Å². The standard InChI is InChI=1S/C31H38ClF7N6O7/c1-28(2,30(34,35)36)22(42-26(49)51-5)24(47)41-13-17(46)14-45(44-25(48)23(43-27(50)52-6)29(3,4)31(37,38)39)15-18-19(32)11-16(12-20(18)33)21-9-7-8-10-40-21/h7-12,17,22-23,46H,13-15H2,1-6H3,(H,41,47)(H,42,49)(H,43,50)(H,44,48)/t17-,22?,23-/m1/s1. The fraction of sp³-hybridized carbons (Fsp3) is 0.516. The second-order valence-corrected chi connectivity index (χ2v) is 12.9. The highest BCUT2D eigenvalue weighted by molar-refractivity contribution is 6.31. The summed E-state index contributed by atoms with van der Waals surface area (Å²) >= 11 is 6.37. The first-order chi connectivity index (χ1) is 23.9. The summed E-state index contributed by atoms with van der Waals surface area (Å²) in [6.07, 6.45) is -13.3. The molecule has 13 nitrogen and oxygen atoms in total. The van der Waals surface area contributed by atoms with E-state index >= 15 is 4.39 Å². The second-order valence-electron chi connectivity index (χ2n) is 12.5. The van der Waals surface area contributed by atoms with Gasteiger partial charge in [0.1, 0.15) is 17.9 Å². The second kappa shape index (κ2) is 17.4. The molecule has 1 aromatic carbocycles. The number of alkyl carbamates (subject to hydrolysis) is 2. The number of rotatable bonds is 14. The van der Waals surface area contributed by atoms with E-state index in [1.807, 2.05) is 5.32 Å². The first kappa shape index (κ1) is 43.7. The summed E-state index contributed by atoms with van der Waals surface area (Å²) in [5, 5.41) is 16.9. The minimum atomic E-state index is -5.08. The minimum absolute atomic E-state index is 0.233. The van der Waals surface area contributed by atoms with Crippen LogP contribution < -0.4 is 21.4 Å². The van der Waals surface area contributed by atoms with E-state index in [9.17, 15) is 50.6 Å². The Hall–Kier alpha value is -4.43. The number of hydrogen-bond acceptors (Lipinski definition) is 9. The molecule has 290 valence electrons. The van der Waals surface area contributed by atoms with Crippen LogP contribution in [0.5, 0.6) is 0 Å². The Morgan fingerprint density at radius 2 is 1.40 bits per heavy atom. The molecule has 2 rings (SSSR count). The molecule has 0 spiro atoms. The van der Waals surface area contributed by atoms with Crippen LogP contribution in [0.4, 0.5) is 40.3 Å². The quantitative estimate of drug-likeness (QED) is 0.137. The van der Waals surface area contributed by atoms with Crippen molar-refractivity contribution in [2.75, 3.05) is 27.3 Å². The van der Waals surface area contributed by atoms with Gasteiger partial charge < -0.3 is 30.5 Å². The maximum absolute atomic E-state index is 15.5.